The number of carbonyl (C=O) groups is 1. The van der Waals surface area contributed by atoms with E-state index in [1.807, 2.05) is 24.3 Å². The molecule has 0 radical (unpaired) electrons. The third kappa shape index (κ3) is 4.43. The van der Waals surface area contributed by atoms with Gasteiger partial charge in [0.25, 0.3) is 5.56 Å². The van der Waals surface area contributed by atoms with Crippen molar-refractivity contribution in [2.45, 2.75) is 26.2 Å². The molecular weight excluding hydrogens is 316 g/mol. The minimum atomic E-state index is -1.00. The van der Waals surface area contributed by atoms with Crippen molar-refractivity contribution < 1.29 is 9.90 Å². The Balaban J connectivity index is 2.29. The van der Waals surface area contributed by atoms with E-state index in [4.69, 9.17) is 17.3 Å². The van der Waals surface area contributed by atoms with Gasteiger partial charge in [-0.15, -0.1) is 0 Å². The van der Waals surface area contributed by atoms with E-state index in [9.17, 15) is 9.59 Å². The van der Waals surface area contributed by atoms with Gasteiger partial charge in [0.2, 0.25) is 4.77 Å². The quantitative estimate of drug-likeness (QED) is 0.620. The maximum Gasteiger partial charge on any atom is 0.303 e. The van der Waals surface area contributed by atoms with Crippen LogP contribution in [0.25, 0.3) is 0 Å². The molecule has 0 aliphatic carbocycles. The van der Waals surface area contributed by atoms with Crippen LogP contribution in [0.4, 0.5) is 0 Å². The number of H-pyrrole nitrogens is 1. The molecule has 1 aromatic carbocycles. The van der Waals surface area contributed by atoms with Crippen molar-refractivity contribution >= 4 is 24.4 Å². The molecule has 1 aromatic heterocycles. The van der Waals surface area contributed by atoms with Gasteiger partial charge < -0.3 is 5.11 Å². The maximum absolute atomic E-state index is 12.2. The van der Waals surface area contributed by atoms with Crippen molar-refractivity contribution in [1.29, 1.82) is 0 Å². The van der Waals surface area contributed by atoms with E-state index in [1.54, 1.807) is 0 Å². The molecule has 0 unspecified atom stereocenters. The van der Waals surface area contributed by atoms with Crippen molar-refractivity contribution in [3.63, 3.8) is 0 Å². The number of carboxylic acid groups (broad SMARTS) is 1. The molecule has 7 nitrogen and oxygen atoms in total. The predicted octanol–water partition coefficient (Wildman–Crippen LogP) is 1.76. The molecule has 0 spiro atoms. The van der Waals surface area contributed by atoms with Crippen molar-refractivity contribution in [2.75, 3.05) is 0 Å². The summed E-state index contributed by atoms with van der Waals surface area (Å²) in [5, 5.41) is 19.1. The summed E-state index contributed by atoms with van der Waals surface area (Å²) in [7, 11) is 0. The van der Waals surface area contributed by atoms with Gasteiger partial charge in [0.1, 0.15) is 5.69 Å². The molecule has 0 aliphatic rings. The summed E-state index contributed by atoms with van der Waals surface area (Å²) < 4.78 is 1.06. The molecular formula is C15H16N4O3S. The highest BCUT2D eigenvalue weighted by Crippen LogP contribution is 2.03. The van der Waals surface area contributed by atoms with E-state index in [1.165, 1.54) is 11.8 Å². The molecule has 0 atom stereocenters. The first-order chi connectivity index (χ1) is 11.0. The molecule has 0 aliphatic heterocycles. The Bertz CT molecular complexity index is 837. The Hall–Kier alpha value is -2.61. The average Bonchev–Trinajstić information content (AvgIpc) is 2.54. The highest BCUT2D eigenvalue weighted by molar-refractivity contribution is 7.71. The Morgan fingerprint density at radius 1 is 1.43 bits per heavy atom. The number of nitrogens with zero attached hydrogens (tertiary/aromatic N) is 3. The maximum atomic E-state index is 12.2. The minimum Gasteiger partial charge on any atom is -0.481 e. The van der Waals surface area contributed by atoms with Crippen molar-refractivity contribution in [2.24, 2.45) is 5.10 Å². The van der Waals surface area contributed by atoms with E-state index in [0.29, 0.717) is 0 Å². The van der Waals surface area contributed by atoms with Crippen LogP contribution in [-0.2, 0) is 17.6 Å². The minimum absolute atomic E-state index is 0.0149. The summed E-state index contributed by atoms with van der Waals surface area (Å²) in [6.45, 7) is 2.07. The van der Waals surface area contributed by atoms with Crippen LogP contribution in [0.5, 0.6) is 0 Å². The Morgan fingerprint density at radius 2 is 2.13 bits per heavy atom. The van der Waals surface area contributed by atoms with Gasteiger partial charge in [0.15, 0.2) is 0 Å². The molecule has 8 heteroatoms. The van der Waals surface area contributed by atoms with Gasteiger partial charge in [0, 0.05) is 6.42 Å². The SMILES string of the molecule is CCc1ccc(/C=N\n2c(=S)[nH]nc(CCC(=O)O)c2=O)cc1. The Kier molecular flexibility index (Phi) is 5.53. The number of rotatable bonds is 6. The van der Waals surface area contributed by atoms with Crippen LogP contribution in [0.2, 0.25) is 0 Å². The Labute approximate surface area is 137 Å². The molecule has 0 saturated heterocycles. The summed E-state index contributed by atoms with van der Waals surface area (Å²) in [5.41, 5.74) is 1.60. The van der Waals surface area contributed by atoms with Crippen LogP contribution in [0.15, 0.2) is 34.2 Å². The second-order valence-corrected chi connectivity index (χ2v) is 5.21. The third-order valence-electron chi connectivity index (χ3n) is 3.20. The normalized spacial score (nSPS) is 11.0. The zero-order valence-electron chi connectivity index (χ0n) is 12.5. The van der Waals surface area contributed by atoms with Crippen LogP contribution in [-0.4, -0.2) is 32.2 Å². The zero-order valence-corrected chi connectivity index (χ0v) is 13.3. The van der Waals surface area contributed by atoms with Gasteiger partial charge in [-0.25, -0.2) is 0 Å². The number of nitrogens with one attached hydrogen (secondary N) is 1. The number of aromatic amines is 1. The fourth-order valence-electron chi connectivity index (χ4n) is 1.88. The Morgan fingerprint density at radius 3 is 2.74 bits per heavy atom. The number of benzene rings is 1. The lowest BCUT2D eigenvalue weighted by Gasteiger charge is -2.02. The number of aliphatic carboxylic acids is 1. The highest BCUT2D eigenvalue weighted by Gasteiger charge is 2.08. The van der Waals surface area contributed by atoms with Crippen LogP contribution in [0.1, 0.15) is 30.2 Å². The third-order valence-corrected chi connectivity index (χ3v) is 3.47. The molecule has 0 saturated carbocycles. The summed E-state index contributed by atoms with van der Waals surface area (Å²) in [6, 6.07) is 7.75. The standard InChI is InChI=1S/C15H16N4O3S/c1-2-10-3-5-11(6-4-10)9-16-19-14(22)12(7-8-13(20)21)17-18-15(19)23/h3-6,9H,2,7-8H2,1H3,(H,18,23)(H,20,21)/b16-9-. The zero-order chi connectivity index (χ0) is 16.8. The van der Waals surface area contributed by atoms with Gasteiger partial charge >= 0.3 is 5.97 Å². The van der Waals surface area contributed by atoms with E-state index in [-0.39, 0.29) is 23.3 Å². The number of aryl methyl sites for hydroxylation is 2. The molecule has 2 aromatic rings. The number of aromatic nitrogens is 3. The molecule has 2 rings (SSSR count). The first-order valence-electron chi connectivity index (χ1n) is 7.07. The van der Waals surface area contributed by atoms with E-state index in [2.05, 4.69) is 22.2 Å². The van der Waals surface area contributed by atoms with Crippen LogP contribution in [0.3, 0.4) is 0 Å². The lowest BCUT2D eigenvalue weighted by Crippen LogP contribution is -2.25. The van der Waals surface area contributed by atoms with Crippen LogP contribution < -0.4 is 5.56 Å². The number of hydrogen-bond donors (Lipinski definition) is 2. The van der Waals surface area contributed by atoms with Gasteiger partial charge in [-0.2, -0.15) is 14.9 Å². The largest absolute Gasteiger partial charge is 0.481 e. The first-order valence-corrected chi connectivity index (χ1v) is 7.47. The number of carboxylic acids is 1. The van der Waals surface area contributed by atoms with Crippen LogP contribution in [0, 0.1) is 4.77 Å². The molecule has 0 amide bonds. The van der Waals surface area contributed by atoms with Gasteiger partial charge in [-0.3, -0.25) is 14.7 Å². The van der Waals surface area contributed by atoms with E-state index in [0.717, 1.165) is 16.7 Å². The summed E-state index contributed by atoms with van der Waals surface area (Å²) in [4.78, 5) is 22.8. The lowest BCUT2D eigenvalue weighted by atomic mass is 10.1. The van der Waals surface area contributed by atoms with Crippen molar-refractivity contribution in [3.8, 4) is 0 Å². The fraction of sp³-hybridized carbons (Fsp3) is 0.267. The second kappa shape index (κ2) is 7.59. The van der Waals surface area contributed by atoms with Crippen molar-refractivity contribution in [1.82, 2.24) is 14.9 Å². The smallest absolute Gasteiger partial charge is 0.303 e. The molecule has 2 N–H and O–H groups in total. The van der Waals surface area contributed by atoms with E-state index < -0.39 is 11.5 Å². The highest BCUT2D eigenvalue weighted by atomic mass is 32.1. The molecule has 23 heavy (non-hydrogen) atoms. The van der Waals surface area contributed by atoms with Crippen LogP contribution >= 0.6 is 12.2 Å². The average molecular weight is 332 g/mol. The molecule has 0 bridgehead atoms. The lowest BCUT2D eigenvalue weighted by molar-refractivity contribution is -0.136. The molecule has 0 fully saturated rings. The molecule has 120 valence electrons. The van der Waals surface area contributed by atoms with Gasteiger partial charge in [-0.1, -0.05) is 31.2 Å². The summed E-state index contributed by atoms with van der Waals surface area (Å²) in [6.07, 6.45) is 2.29. The first kappa shape index (κ1) is 16.8. The van der Waals surface area contributed by atoms with Gasteiger partial charge in [0.05, 0.1) is 12.6 Å². The number of hydrogen-bond acceptors (Lipinski definition) is 5. The predicted molar refractivity (Wildman–Crippen MR) is 88.5 cm³/mol. The van der Waals surface area contributed by atoms with Gasteiger partial charge in [-0.05, 0) is 29.8 Å². The topological polar surface area (TPSA) is 100 Å². The summed E-state index contributed by atoms with van der Waals surface area (Å²) in [5.74, 6) is -1.00. The fourth-order valence-corrected chi connectivity index (χ4v) is 2.06. The monoisotopic (exact) mass is 332 g/mol. The summed E-state index contributed by atoms with van der Waals surface area (Å²) >= 11 is 5.00. The van der Waals surface area contributed by atoms with E-state index >= 15 is 0 Å². The molecule has 1 heterocycles. The van der Waals surface area contributed by atoms with Crippen molar-refractivity contribution in [3.05, 3.63) is 56.2 Å². The second-order valence-electron chi connectivity index (χ2n) is 4.83.